The normalized spacial score (nSPS) is 14.3. The summed E-state index contributed by atoms with van der Waals surface area (Å²) in [6.45, 7) is 3.43. The molecule has 0 N–H and O–H groups in total. The number of benzene rings is 2. The number of rotatable bonds is 3. The number of methoxy groups -OCH3 is 1. The number of hydrogen-bond donors (Lipinski definition) is 0. The minimum Gasteiger partial charge on any atom is -0.497 e. The van der Waals surface area contributed by atoms with Gasteiger partial charge in [0, 0.05) is 37.3 Å². The van der Waals surface area contributed by atoms with E-state index in [0.29, 0.717) is 5.69 Å². The number of fused-ring (bicyclic) bond motifs is 1. The van der Waals surface area contributed by atoms with Crippen molar-refractivity contribution in [2.45, 2.75) is 0 Å². The number of nitrogens with zero attached hydrogens (tertiary/aromatic N) is 5. The topological polar surface area (TPSA) is 65.3 Å². The van der Waals surface area contributed by atoms with Gasteiger partial charge in [0.15, 0.2) is 5.69 Å². The molecule has 2 heterocycles. The van der Waals surface area contributed by atoms with Crippen LogP contribution in [0.3, 0.4) is 0 Å². The van der Waals surface area contributed by atoms with E-state index in [0.717, 1.165) is 48.5 Å². The van der Waals surface area contributed by atoms with Crippen LogP contribution in [-0.2, 0) is 0 Å². The molecule has 1 aliphatic heterocycles. The molecule has 1 saturated heterocycles. The highest BCUT2D eigenvalue weighted by Gasteiger charge is 2.22. The van der Waals surface area contributed by atoms with Crippen molar-refractivity contribution in [2.24, 2.45) is 0 Å². The molecule has 0 bridgehead atoms. The van der Waals surface area contributed by atoms with Crippen LogP contribution in [0.2, 0.25) is 0 Å². The third kappa shape index (κ3) is 2.88. The van der Waals surface area contributed by atoms with Gasteiger partial charge < -0.3 is 14.5 Å². The van der Waals surface area contributed by atoms with Crippen molar-refractivity contribution in [3.63, 3.8) is 0 Å². The largest absolute Gasteiger partial charge is 0.497 e. The number of nitriles is 1. The fourth-order valence-electron chi connectivity index (χ4n) is 3.42. The molecule has 0 atom stereocenters. The van der Waals surface area contributed by atoms with Crippen LogP contribution in [0.5, 0.6) is 5.75 Å². The number of piperazine rings is 1. The van der Waals surface area contributed by atoms with E-state index in [9.17, 15) is 5.26 Å². The molecule has 6 heteroatoms. The Kier molecular flexibility index (Phi) is 4.28. The number of anilines is 2. The zero-order valence-electron chi connectivity index (χ0n) is 14.6. The molecular formula is C20H19N5O. The van der Waals surface area contributed by atoms with Gasteiger partial charge in [0.1, 0.15) is 11.8 Å². The van der Waals surface area contributed by atoms with Gasteiger partial charge in [0.05, 0.1) is 18.3 Å². The lowest BCUT2D eigenvalue weighted by Gasteiger charge is -2.37. The molecule has 6 nitrogen and oxygen atoms in total. The maximum Gasteiger partial charge on any atom is 0.187 e. The van der Waals surface area contributed by atoms with Crippen LogP contribution in [-0.4, -0.2) is 43.5 Å². The first kappa shape index (κ1) is 16.2. The highest BCUT2D eigenvalue weighted by atomic mass is 16.5. The molecule has 0 aliphatic carbocycles. The van der Waals surface area contributed by atoms with Gasteiger partial charge in [0.25, 0.3) is 0 Å². The summed E-state index contributed by atoms with van der Waals surface area (Å²) in [6, 6.07) is 18.2. The number of hydrogen-bond acceptors (Lipinski definition) is 6. The molecular weight excluding hydrogens is 326 g/mol. The first-order valence-electron chi connectivity index (χ1n) is 8.59. The SMILES string of the molecule is COc1ccc(N2CCN(c3c(C#N)nnc4ccccc34)CC2)cc1. The minimum atomic E-state index is 0.390. The van der Waals surface area contributed by atoms with E-state index < -0.39 is 0 Å². The van der Waals surface area contributed by atoms with E-state index in [4.69, 9.17) is 4.74 Å². The third-order valence-corrected chi connectivity index (χ3v) is 4.78. The quantitative estimate of drug-likeness (QED) is 0.727. The van der Waals surface area contributed by atoms with Gasteiger partial charge in [-0.25, -0.2) is 0 Å². The monoisotopic (exact) mass is 345 g/mol. The standard InChI is InChI=1S/C20H19N5O/c1-26-16-8-6-15(7-9-16)24-10-12-25(13-11-24)20-17-4-2-3-5-18(17)22-23-19(20)14-21/h2-9H,10-13H2,1H3. The van der Waals surface area contributed by atoms with Gasteiger partial charge in [-0.05, 0) is 30.3 Å². The van der Waals surface area contributed by atoms with Crippen molar-refractivity contribution >= 4 is 22.3 Å². The summed E-state index contributed by atoms with van der Waals surface area (Å²) in [6.07, 6.45) is 0. The Hall–Kier alpha value is -3.33. The van der Waals surface area contributed by atoms with Crippen molar-refractivity contribution in [3.05, 3.63) is 54.2 Å². The summed E-state index contributed by atoms with van der Waals surface area (Å²) in [5.41, 5.74) is 3.29. The Labute approximate surface area is 152 Å². The average molecular weight is 345 g/mol. The second-order valence-electron chi connectivity index (χ2n) is 6.20. The second-order valence-corrected chi connectivity index (χ2v) is 6.20. The molecule has 0 saturated carbocycles. The summed E-state index contributed by atoms with van der Waals surface area (Å²) >= 11 is 0. The van der Waals surface area contributed by atoms with Crippen LogP contribution < -0.4 is 14.5 Å². The predicted octanol–water partition coefficient (Wildman–Crippen LogP) is 2.84. The first-order valence-corrected chi connectivity index (χ1v) is 8.59. The molecule has 1 fully saturated rings. The molecule has 0 amide bonds. The van der Waals surface area contributed by atoms with Gasteiger partial charge in [0.2, 0.25) is 0 Å². The van der Waals surface area contributed by atoms with Crippen LogP contribution in [0.4, 0.5) is 11.4 Å². The Morgan fingerprint density at radius 1 is 0.923 bits per heavy atom. The smallest absolute Gasteiger partial charge is 0.187 e. The van der Waals surface area contributed by atoms with Crippen molar-refractivity contribution in [1.29, 1.82) is 5.26 Å². The molecule has 1 aromatic heterocycles. The molecule has 4 rings (SSSR count). The summed E-state index contributed by atoms with van der Waals surface area (Å²) in [4.78, 5) is 4.59. The molecule has 0 radical (unpaired) electrons. The average Bonchev–Trinajstić information content (AvgIpc) is 2.73. The Balaban J connectivity index is 1.58. The first-order chi connectivity index (χ1) is 12.8. The van der Waals surface area contributed by atoms with Gasteiger partial charge in [-0.1, -0.05) is 18.2 Å². The zero-order valence-corrected chi connectivity index (χ0v) is 14.6. The van der Waals surface area contributed by atoms with Crippen molar-refractivity contribution in [1.82, 2.24) is 10.2 Å². The van der Waals surface area contributed by atoms with Crippen LogP contribution in [0.1, 0.15) is 5.69 Å². The lowest BCUT2D eigenvalue weighted by molar-refractivity contribution is 0.415. The van der Waals surface area contributed by atoms with Gasteiger partial charge >= 0.3 is 0 Å². The van der Waals surface area contributed by atoms with E-state index in [1.165, 1.54) is 5.69 Å². The Morgan fingerprint density at radius 2 is 1.62 bits per heavy atom. The lowest BCUT2D eigenvalue weighted by atomic mass is 10.1. The molecule has 0 spiro atoms. The molecule has 2 aromatic carbocycles. The van der Waals surface area contributed by atoms with Crippen molar-refractivity contribution < 1.29 is 4.74 Å². The van der Waals surface area contributed by atoms with E-state index in [1.54, 1.807) is 7.11 Å². The molecule has 0 unspecified atom stereocenters. The summed E-state index contributed by atoms with van der Waals surface area (Å²) in [5, 5.41) is 18.8. The van der Waals surface area contributed by atoms with Crippen molar-refractivity contribution in [3.8, 4) is 11.8 Å². The maximum atomic E-state index is 9.49. The fraction of sp³-hybridized carbons (Fsp3) is 0.250. The van der Waals surface area contributed by atoms with Gasteiger partial charge in [-0.2, -0.15) is 5.26 Å². The molecule has 130 valence electrons. The zero-order chi connectivity index (χ0) is 17.9. The van der Waals surface area contributed by atoms with Crippen LogP contribution in [0.15, 0.2) is 48.5 Å². The van der Waals surface area contributed by atoms with Crippen LogP contribution >= 0.6 is 0 Å². The number of ether oxygens (including phenoxy) is 1. The predicted molar refractivity (Wildman–Crippen MR) is 102 cm³/mol. The minimum absolute atomic E-state index is 0.390. The van der Waals surface area contributed by atoms with E-state index >= 15 is 0 Å². The lowest BCUT2D eigenvalue weighted by Crippen LogP contribution is -2.47. The van der Waals surface area contributed by atoms with E-state index in [-0.39, 0.29) is 0 Å². The Morgan fingerprint density at radius 3 is 2.31 bits per heavy atom. The van der Waals surface area contributed by atoms with Crippen LogP contribution in [0, 0.1) is 11.3 Å². The molecule has 3 aromatic rings. The van der Waals surface area contributed by atoms with Gasteiger partial charge in [-0.3, -0.25) is 0 Å². The third-order valence-electron chi connectivity index (χ3n) is 4.78. The second kappa shape index (κ2) is 6.89. The highest BCUT2D eigenvalue weighted by Crippen LogP contribution is 2.29. The molecule has 1 aliphatic rings. The van der Waals surface area contributed by atoms with Crippen molar-refractivity contribution in [2.75, 3.05) is 43.1 Å². The van der Waals surface area contributed by atoms with E-state index in [2.05, 4.69) is 38.2 Å². The summed E-state index contributed by atoms with van der Waals surface area (Å²) in [5.74, 6) is 0.861. The summed E-state index contributed by atoms with van der Waals surface area (Å²) in [7, 11) is 1.67. The maximum absolute atomic E-state index is 9.49. The fourth-order valence-corrected chi connectivity index (χ4v) is 3.42. The highest BCUT2D eigenvalue weighted by molar-refractivity contribution is 5.93. The van der Waals surface area contributed by atoms with E-state index in [1.807, 2.05) is 36.4 Å². The van der Waals surface area contributed by atoms with Gasteiger partial charge in [-0.15, -0.1) is 10.2 Å². The number of aromatic nitrogens is 2. The Bertz CT molecular complexity index is 956. The van der Waals surface area contributed by atoms with Crippen LogP contribution in [0.25, 0.3) is 10.9 Å². The summed E-state index contributed by atoms with van der Waals surface area (Å²) < 4.78 is 5.23. The molecule has 26 heavy (non-hydrogen) atoms.